The monoisotopic (exact) mass is 184 g/mol. The number of rotatable bonds is 1. The molecule has 5 nitrogen and oxygen atoms in total. The number of likely N-dealkylation sites (tertiary alicyclic amines) is 1. The lowest BCUT2D eigenvalue weighted by atomic mass is 9.97. The molecular formula is C8H12N2O3. The minimum Gasteiger partial charge on any atom is -0.465 e. The van der Waals surface area contributed by atoms with Crippen molar-refractivity contribution in [3.63, 3.8) is 0 Å². The van der Waals surface area contributed by atoms with E-state index in [2.05, 4.69) is 0 Å². The first-order chi connectivity index (χ1) is 6.07. The van der Waals surface area contributed by atoms with Crippen LogP contribution in [0, 0.1) is 5.41 Å². The van der Waals surface area contributed by atoms with Crippen molar-refractivity contribution < 1.29 is 14.7 Å². The molecular weight excluding hydrogens is 172 g/mol. The third-order valence-electron chi connectivity index (χ3n) is 3.15. The topological polar surface area (TPSA) is 83.6 Å². The molecule has 3 N–H and O–H groups in total. The highest BCUT2D eigenvalue weighted by molar-refractivity contribution is 5.86. The molecule has 72 valence electrons. The Morgan fingerprint density at radius 3 is 2.38 bits per heavy atom. The molecule has 1 unspecified atom stereocenters. The Morgan fingerprint density at radius 1 is 1.38 bits per heavy atom. The van der Waals surface area contributed by atoms with Crippen molar-refractivity contribution in [1.29, 1.82) is 0 Å². The number of carbonyl (C=O) groups excluding carboxylic acids is 1. The predicted octanol–water partition coefficient (Wildman–Crippen LogP) is 0.00420. The molecule has 2 aliphatic rings. The van der Waals surface area contributed by atoms with Gasteiger partial charge in [-0.15, -0.1) is 0 Å². The minimum absolute atomic E-state index is 0.0930. The van der Waals surface area contributed by atoms with Gasteiger partial charge in [-0.1, -0.05) is 0 Å². The number of carbonyl (C=O) groups is 2. The summed E-state index contributed by atoms with van der Waals surface area (Å²) in [5.74, 6) is -0.502. The fourth-order valence-corrected chi connectivity index (χ4v) is 2.28. The zero-order valence-electron chi connectivity index (χ0n) is 7.19. The highest BCUT2D eigenvalue weighted by atomic mass is 16.4. The van der Waals surface area contributed by atoms with Crippen LogP contribution in [0.2, 0.25) is 0 Å². The smallest absolute Gasteiger partial charge is 0.407 e. The summed E-state index contributed by atoms with van der Waals surface area (Å²) in [7, 11) is 0. The lowest BCUT2D eigenvalue weighted by Gasteiger charge is -2.22. The predicted molar refractivity (Wildman–Crippen MR) is 44.0 cm³/mol. The van der Waals surface area contributed by atoms with Gasteiger partial charge in [-0.3, -0.25) is 9.69 Å². The van der Waals surface area contributed by atoms with E-state index in [-0.39, 0.29) is 5.41 Å². The Bertz CT molecular complexity index is 273. The maximum absolute atomic E-state index is 11.1. The van der Waals surface area contributed by atoms with Crippen LogP contribution in [0.1, 0.15) is 19.3 Å². The molecule has 1 aliphatic heterocycles. The summed E-state index contributed by atoms with van der Waals surface area (Å²) in [6, 6.07) is -0.579. The van der Waals surface area contributed by atoms with E-state index in [0.717, 1.165) is 19.3 Å². The fourth-order valence-electron chi connectivity index (χ4n) is 2.28. The second-order valence-electron chi connectivity index (χ2n) is 3.89. The molecule has 1 atom stereocenters. The van der Waals surface area contributed by atoms with Gasteiger partial charge in [0, 0.05) is 12.0 Å². The minimum atomic E-state index is -1.03. The largest absolute Gasteiger partial charge is 0.465 e. The molecule has 0 aromatic rings. The normalized spacial score (nSPS) is 29.2. The van der Waals surface area contributed by atoms with E-state index in [1.165, 1.54) is 4.90 Å². The van der Waals surface area contributed by atoms with Crippen molar-refractivity contribution >= 4 is 12.0 Å². The number of primary amides is 1. The highest BCUT2D eigenvalue weighted by Crippen LogP contribution is 2.56. The average molecular weight is 184 g/mol. The summed E-state index contributed by atoms with van der Waals surface area (Å²) in [5.41, 5.74) is 5.10. The maximum Gasteiger partial charge on any atom is 0.407 e. The van der Waals surface area contributed by atoms with Crippen LogP contribution in [-0.2, 0) is 4.79 Å². The lowest BCUT2D eigenvalue weighted by molar-refractivity contribution is -0.123. The molecule has 1 heterocycles. The van der Waals surface area contributed by atoms with Gasteiger partial charge in [0.2, 0.25) is 5.91 Å². The van der Waals surface area contributed by atoms with Crippen LogP contribution >= 0.6 is 0 Å². The second-order valence-corrected chi connectivity index (χ2v) is 3.89. The molecule has 2 rings (SSSR count). The van der Waals surface area contributed by atoms with Crippen molar-refractivity contribution in [3.8, 4) is 0 Å². The number of amides is 2. The van der Waals surface area contributed by atoms with Crippen molar-refractivity contribution in [2.24, 2.45) is 11.1 Å². The Labute approximate surface area is 75.5 Å². The molecule has 2 fully saturated rings. The van der Waals surface area contributed by atoms with Crippen LogP contribution in [0.4, 0.5) is 4.79 Å². The summed E-state index contributed by atoms with van der Waals surface area (Å²) < 4.78 is 0. The first kappa shape index (κ1) is 8.34. The third-order valence-corrected chi connectivity index (χ3v) is 3.15. The van der Waals surface area contributed by atoms with E-state index >= 15 is 0 Å². The van der Waals surface area contributed by atoms with Gasteiger partial charge in [-0.2, -0.15) is 0 Å². The van der Waals surface area contributed by atoms with Gasteiger partial charge in [0.15, 0.2) is 0 Å². The highest BCUT2D eigenvalue weighted by Gasteiger charge is 2.59. The van der Waals surface area contributed by atoms with E-state index in [0.29, 0.717) is 6.54 Å². The zero-order valence-corrected chi connectivity index (χ0v) is 7.19. The molecule has 1 saturated heterocycles. The molecule has 0 aromatic heterocycles. The maximum atomic E-state index is 11.1. The molecule has 1 spiro atoms. The zero-order chi connectivity index (χ0) is 9.64. The summed E-state index contributed by atoms with van der Waals surface area (Å²) in [6.07, 6.45) is 1.62. The van der Waals surface area contributed by atoms with Gasteiger partial charge in [0.1, 0.15) is 6.04 Å². The first-order valence-electron chi connectivity index (χ1n) is 4.36. The number of hydrogen-bond donors (Lipinski definition) is 2. The molecule has 0 bridgehead atoms. The van der Waals surface area contributed by atoms with E-state index in [1.807, 2.05) is 0 Å². The molecule has 0 radical (unpaired) electrons. The van der Waals surface area contributed by atoms with Crippen LogP contribution < -0.4 is 5.73 Å². The molecule has 1 saturated carbocycles. The standard InChI is InChI=1S/C8H12N2O3/c9-6(11)5-8(1-2-8)3-4-10(5)7(12)13/h5H,1-4H2,(H2,9,11)(H,12,13). The van der Waals surface area contributed by atoms with Crippen molar-refractivity contribution in [1.82, 2.24) is 4.90 Å². The quantitative estimate of drug-likeness (QED) is 0.601. The Kier molecular flexibility index (Phi) is 1.52. The van der Waals surface area contributed by atoms with Crippen LogP contribution in [0.15, 0.2) is 0 Å². The number of hydrogen-bond acceptors (Lipinski definition) is 2. The molecule has 13 heavy (non-hydrogen) atoms. The summed E-state index contributed by atoms with van der Waals surface area (Å²) >= 11 is 0. The van der Waals surface area contributed by atoms with Crippen LogP contribution in [0.5, 0.6) is 0 Å². The summed E-state index contributed by atoms with van der Waals surface area (Å²) in [6.45, 7) is 0.447. The summed E-state index contributed by atoms with van der Waals surface area (Å²) in [4.78, 5) is 23.0. The van der Waals surface area contributed by atoms with Crippen LogP contribution in [0.25, 0.3) is 0 Å². The van der Waals surface area contributed by atoms with Crippen LogP contribution in [-0.4, -0.2) is 34.6 Å². The van der Waals surface area contributed by atoms with Gasteiger partial charge in [-0.25, -0.2) is 4.79 Å². The average Bonchev–Trinajstić information content (AvgIpc) is 2.61. The lowest BCUT2D eigenvalue weighted by Crippen LogP contribution is -2.46. The van der Waals surface area contributed by atoms with E-state index in [4.69, 9.17) is 10.8 Å². The van der Waals surface area contributed by atoms with Crippen molar-refractivity contribution in [3.05, 3.63) is 0 Å². The fraction of sp³-hybridized carbons (Fsp3) is 0.750. The molecule has 1 aliphatic carbocycles. The van der Waals surface area contributed by atoms with Gasteiger partial charge in [-0.05, 0) is 19.3 Å². The third kappa shape index (κ3) is 1.07. The van der Waals surface area contributed by atoms with E-state index in [9.17, 15) is 9.59 Å². The SMILES string of the molecule is NC(=O)C1N(C(=O)O)CCC12CC2. The van der Waals surface area contributed by atoms with Gasteiger partial charge in [0.05, 0.1) is 0 Å². The number of carboxylic acid groups (broad SMARTS) is 1. The van der Waals surface area contributed by atoms with Gasteiger partial charge >= 0.3 is 6.09 Å². The number of nitrogens with two attached hydrogens (primary N) is 1. The van der Waals surface area contributed by atoms with Crippen LogP contribution in [0.3, 0.4) is 0 Å². The Balaban J connectivity index is 2.23. The Morgan fingerprint density at radius 2 is 2.00 bits per heavy atom. The van der Waals surface area contributed by atoms with Crippen molar-refractivity contribution in [2.45, 2.75) is 25.3 Å². The van der Waals surface area contributed by atoms with E-state index < -0.39 is 18.0 Å². The molecule has 0 aromatic carbocycles. The second kappa shape index (κ2) is 2.37. The van der Waals surface area contributed by atoms with Crippen molar-refractivity contribution in [2.75, 3.05) is 6.54 Å². The number of nitrogens with zero attached hydrogens (tertiary/aromatic N) is 1. The van der Waals surface area contributed by atoms with E-state index in [1.54, 1.807) is 0 Å². The van der Waals surface area contributed by atoms with Gasteiger partial charge < -0.3 is 10.8 Å². The van der Waals surface area contributed by atoms with Gasteiger partial charge in [0.25, 0.3) is 0 Å². The molecule has 5 heteroatoms. The Hall–Kier alpha value is -1.26. The first-order valence-corrected chi connectivity index (χ1v) is 4.36. The summed E-state index contributed by atoms with van der Waals surface area (Å²) in [5, 5.41) is 8.81. The molecule has 2 amide bonds.